The largest absolute Gasteiger partial charge is 0.444 e. The summed E-state index contributed by atoms with van der Waals surface area (Å²) in [7, 11) is 1.76. The van der Waals surface area contributed by atoms with Crippen LogP contribution in [0.3, 0.4) is 0 Å². The van der Waals surface area contributed by atoms with Crippen molar-refractivity contribution in [2.75, 3.05) is 11.9 Å². The third kappa shape index (κ3) is 7.12. The van der Waals surface area contributed by atoms with Gasteiger partial charge in [0.15, 0.2) is 0 Å². The summed E-state index contributed by atoms with van der Waals surface area (Å²) in [5.41, 5.74) is 0.954. The van der Waals surface area contributed by atoms with Crippen LogP contribution in [0.15, 0.2) is 95.9 Å². The molecule has 0 fully saturated rings. The van der Waals surface area contributed by atoms with Crippen LogP contribution in [0.5, 0.6) is 0 Å². The van der Waals surface area contributed by atoms with Gasteiger partial charge in [-0.15, -0.1) is 11.8 Å². The van der Waals surface area contributed by atoms with Gasteiger partial charge in [0, 0.05) is 17.6 Å². The Hall–Kier alpha value is -3.25. The summed E-state index contributed by atoms with van der Waals surface area (Å²) in [4.78, 5) is 29.2. The minimum Gasteiger partial charge on any atom is -0.444 e. The van der Waals surface area contributed by atoms with Crippen molar-refractivity contribution >= 4 is 29.4 Å². The molecule has 172 valence electrons. The van der Waals surface area contributed by atoms with Crippen molar-refractivity contribution < 1.29 is 14.3 Å². The Labute approximate surface area is 200 Å². The first-order valence-electron chi connectivity index (χ1n) is 10.8. The highest BCUT2D eigenvalue weighted by Gasteiger charge is 2.35. The average molecular weight is 463 g/mol. The van der Waals surface area contributed by atoms with Crippen LogP contribution >= 0.6 is 11.8 Å². The van der Waals surface area contributed by atoms with E-state index in [9.17, 15) is 9.59 Å². The molecule has 0 saturated carbocycles. The van der Waals surface area contributed by atoms with Crippen LogP contribution in [-0.2, 0) is 9.53 Å². The number of anilines is 1. The molecule has 0 aliphatic carbocycles. The molecule has 1 N–H and O–H groups in total. The van der Waals surface area contributed by atoms with Crippen LogP contribution in [0.2, 0.25) is 0 Å². The monoisotopic (exact) mass is 462 g/mol. The number of hydrogen-bond acceptors (Lipinski definition) is 4. The molecule has 0 bridgehead atoms. The number of para-hydroxylation sites is 1. The van der Waals surface area contributed by atoms with Gasteiger partial charge in [0.2, 0.25) is 5.91 Å². The normalized spacial score (nSPS) is 13.0. The lowest BCUT2D eigenvalue weighted by Crippen LogP contribution is -2.45. The third-order valence-corrected chi connectivity index (χ3v) is 6.13. The fraction of sp³-hybridized carbons (Fsp3) is 0.259. The molecular weight excluding hydrogens is 432 g/mol. The summed E-state index contributed by atoms with van der Waals surface area (Å²) in [6.45, 7) is 5.44. The number of hydrogen-bond donors (Lipinski definition) is 1. The van der Waals surface area contributed by atoms with Crippen LogP contribution in [0.1, 0.15) is 32.4 Å². The highest BCUT2D eigenvalue weighted by atomic mass is 32.2. The zero-order valence-electron chi connectivity index (χ0n) is 19.4. The van der Waals surface area contributed by atoms with Crippen molar-refractivity contribution in [3.05, 3.63) is 96.6 Å². The van der Waals surface area contributed by atoms with Crippen LogP contribution < -0.4 is 10.2 Å². The molecule has 5 nitrogen and oxygen atoms in total. The van der Waals surface area contributed by atoms with Crippen LogP contribution in [0.4, 0.5) is 10.5 Å². The van der Waals surface area contributed by atoms with Crippen LogP contribution in [0.25, 0.3) is 0 Å². The van der Waals surface area contributed by atoms with E-state index in [2.05, 4.69) is 5.32 Å². The molecule has 3 aromatic rings. The van der Waals surface area contributed by atoms with E-state index < -0.39 is 23.0 Å². The lowest BCUT2D eigenvalue weighted by Gasteiger charge is -2.31. The molecule has 33 heavy (non-hydrogen) atoms. The number of carbonyl (C=O) groups is 2. The Morgan fingerprint density at radius 1 is 0.848 bits per heavy atom. The molecular formula is C27H30N2O3S. The number of carbonyl (C=O) groups excluding carboxylic acids is 2. The van der Waals surface area contributed by atoms with Gasteiger partial charge in [0.1, 0.15) is 10.9 Å². The maximum absolute atomic E-state index is 13.8. The van der Waals surface area contributed by atoms with Gasteiger partial charge in [-0.2, -0.15) is 0 Å². The molecule has 0 saturated heterocycles. The molecule has 2 amide bonds. The lowest BCUT2D eigenvalue weighted by molar-refractivity contribution is -0.118. The molecule has 0 heterocycles. The maximum atomic E-state index is 13.8. The quantitative estimate of drug-likeness (QED) is 0.433. The molecule has 3 aromatic carbocycles. The number of nitrogens with zero attached hydrogens (tertiary/aromatic N) is 1. The molecule has 0 aromatic heterocycles. The fourth-order valence-corrected chi connectivity index (χ4v) is 4.53. The van der Waals surface area contributed by atoms with Gasteiger partial charge in [-0.1, -0.05) is 66.7 Å². The number of alkyl carbamates (subject to hydrolysis) is 1. The zero-order valence-corrected chi connectivity index (χ0v) is 20.2. The topological polar surface area (TPSA) is 58.6 Å². The first-order chi connectivity index (χ1) is 15.7. The second-order valence-corrected chi connectivity index (χ2v) is 9.83. The van der Waals surface area contributed by atoms with Crippen molar-refractivity contribution in [3.63, 3.8) is 0 Å². The van der Waals surface area contributed by atoms with E-state index in [-0.39, 0.29) is 5.91 Å². The van der Waals surface area contributed by atoms with Crippen molar-refractivity contribution in [2.45, 2.75) is 42.6 Å². The Kier molecular flexibility index (Phi) is 8.17. The Balaban J connectivity index is 2.00. The summed E-state index contributed by atoms with van der Waals surface area (Å²) in [6, 6.07) is 28.1. The Bertz CT molecular complexity index is 1040. The van der Waals surface area contributed by atoms with Crippen molar-refractivity contribution in [1.82, 2.24) is 5.32 Å². The van der Waals surface area contributed by atoms with E-state index in [4.69, 9.17) is 4.74 Å². The van der Waals surface area contributed by atoms with Gasteiger partial charge >= 0.3 is 6.09 Å². The van der Waals surface area contributed by atoms with Gasteiger partial charge in [-0.3, -0.25) is 4.79 Å². The van der Waals surface area contributed by atoms with E-state index in [1.165, 1.54) is 11.8 Å². The molecule has 3 rings (SSSR count). The first-order valence-corrected chi connectivity index (χ1v) is 11.7. The van der Waals surface area contributed by atoms with Gasteiger partial charge in [0.25, 0.3) is 0 Å². The fourth-order valence-electron chi connectivity index (χ4n) is 3.31. The average Bonchev–Trinajstić information content (AvgIpc) is 2.81. The Morgan fingerprint density at radius 2 is 1.36 bits per heavy atom. The second kappa shape index (κ2) is 11.1. The maximum Gasteiger partial charge on any atom is 0.408 e. The number of ether oxygens (including phenoxy) is 1. The van der Waals surface area contributed by atoms with Crippen LogP contribution in [0, 0.1) is 0 Å². The first kappa shape index (κ1) is 24.4. The third-order valence-electron chi connectivity index (χ3n) is 4.86. The van der Waals surface area contributed by atoms with E-state index >= 15 is 0 Å². The smallest absolute Gasteiger partial charge is 0.408 e. The number of rotatable bonds is 7. The minimum atomic E-state index is -0.655. The minimum absolute atomic E-state index is 0.125. The second-order valence-electron chi connectivity index (χ2n) is 8.62. The number of nitrogens with one attached hydrogen (secondary N) is 1. The van der Waals surface area contributed by atoms with Crippen LogP contribution in [-0.4, -0.2) is 29.9 Å². The highest BCUT2D eigenvalue weighted by molar-refractivity contribution is 8.00. The summed E-state index contributed by atoms with van der Waals surface area (Å²) < 4.78 is 5.53. The molecule has 0 aliphatic heterocycles. The van der Waals surface area contributed by atoms with Crippen molar-refractivity contribution in [1.29, 1.82) is 0 Å². The lowest BCUT2D eigenvalue weighted by atomic mass is 10.0. The van der Waals surface area contributed by atoms with Gasteiger partial charge in [-0.25, -0.2) is 4.79 Å². The van der Waals surface area contributed by atoms with Gasteiger partial charge in [-0.05, 0) is 50.6 Å². The van der Waals surface area contributed by atoms with Crippen molar-refractivity contribution in [2.24, 2.45) is 0 Å². The van der Waals surface area contributed by atoms with E-state index in [0.717, 1.165) is 16.1 Å². The van der Waals surface area contributed by atoms with Gasteiger partial charge < -0.3 is 15.0 Å². The molecule has 0 spiro atoms. The molecule has 0 unspecified atom stereocenters. The molecule has 0 radical (unpaired) electrons. The summed E-state index contributed by atoms with van der Waals surface area (Å²) in [6.07, 6.45) is -0.565. The molecule has 0 aliphatic rings. The number of amides is 2. The predicted molar refractivity (Wildman–Crippen MR) is 134 cm³/mol. The SMILES string of the molecule is CN(C(=O)[C@H](Sc1ccccc1)[C@H](NC(=O)OC(C)(C)C)c1ccccc1)c1ccccc1. The molecule has 6 heteroatoms. The van der Waals surface area contributed by atoms with E-state index in [1.54, 1.807) is 11.9 Å². The van der Waals surface area contributed by atoms with E-state index in [1.807, 2.05) is 112 Å². The number of thioether (sulfide) groups is 1. The van der Waals surface area contributed by atoms with Gasteiger partial charge in [0.05, 0.1) is 6.04 Å². The summed E-state index contributed by atoms with van der Waals surface area (Å²) >= 11 is 1.42. The Morgan fingerprint density at radius 3 is 1.91 bits per heavy atom. The summed E-state index contributed by atoms with van der Waals surface area (Å²) in [5.74, 6) is -0.125. The van der Waals surface area contributed by atoms with E-state index in [0.29, 0.717) is 0 Å². The zero-order chi connectivity index (χ0) is 23.8. The standard InChI is InChI=1S/C27H30N2O3S/c1-27(2,3)32-26(31)28-23(20-14-8-5-9-15-20)24(33-22-18-12-7-13-19-22)25(30)29(4)21-16-10-6-11-17-21/h5-19,23-24H,1-4H3,(H,28,31)/t23-,24-/m1/s1. The highest BCUT2D eigenvalue weighted by Crippen LogP contribution is 2.34. The molecule has 2 atom stereocenters. The summed E-state index contributed by atoms with van der Waals surface area (Å²) in [5, 5.41) is 2.34. The predicted octanol–water partition coefficient (Wildman–Crippen LogP) is 6.08. The number of benzene rings is 3. The van der Waals surface area contributed by atoms with Crippen molar-refractivity contribution in [3.8, 4) is 0 Å².